The lowest BCUT2D eigenvalue weighted by atomic mass is 10.1. The van der Waals surface area contributed by atoms with Crippen molar-refractivity contribution in [3.05, 3.63) is 23.8 Å². The topological polar surface area (TPSA) is 95.5 Å². The number of benzene rings is 1. The molecule has 3 N–H and O–H groups in total. The number of rotatable bonds is 10. The van der Waals surface area contributed by atoms with E-state index in [1.807, 2.05) is 20.8 Å². The Labute approximate surface area is 144 Å². The van der Waals surface area contributed by atoms with E-state index < -0.39 is 16.0 Å². The normalized spacial score (nSPS) is 13.0. The van der Waals surface area contributed by atoms with Crippen LogP contribution in [0.25, 0.3) is 0 Å². The molecule has 0 fully saturated rings. The van der Waals surface area contributed by atoms with E-state index in [-0.39, 0.29) is 16.5 Å². The fourth-order valence-corrected chi connectivity index (χ4v) is 3.57. The van der Waals surface area contributed by atoms with Gasteiger partial charge in [-0.05, 0) is 43.9 Å². The Hall–Kier alpha value is -1.60. The first-order chi connectivity index (χ1) is 11.2. The summed E-state index contributed by atoms with van der Waals surface area (Å²) < 4.78 is 27.8. The van der Waals surface area contributed by atoms with Gasteiger partial charge in [-0.25, -0.2) is 17.9 Å². The van der Waals surface area contributed by atoms with E-state index in [1.54, 1.807) is 0 Å². The van der Waals surface area contributed by atoms with Gasteiger partial charge in [0.05, 0.1) is 11.3 Å². The Morgan fingerprint density at radius 3 is 2.42 bits per heavy atom. The third-order valence-corrected chi connectivity index (χ3v) is 5.16. The number of anilines is 1. The number of carboxylic acid groups (broad SMARTS) is 1. The maximum atomic E-state index is 12.6. The van der Waals surface area contributed by atoms with E-state index >= 15 is 0 Å². The second-order valence-corrected chi connectivity index (χ2v) is 8.17. The second-order valence-electron chi connectivity index (χ2n) is 6.43. The largest absolute Gasteiger partial charge is 0.478 e. The SMILES string of the molecule is CCC[C@@H](C)Nc1ccc(C(=O)O)cc1S(=O)(=O)NCCC(C)C. The predicted octanol–water partition coefficient (Wildman–Crippen LogP) is 3.31. The molecule has 0 saturated carbocycles. The number of aromatic carboxylic acids is 1. The number of hydrogen-bond donors (Lipinski definition) is 3. The lowest BCUT2D eigenvalue weighted by Crippen LogP contribution is -2.27. The zero-order valence-corrected chi connectivity index (χ0v) is 15.6. The molecule has 1 atom stereocenters. The lowest BCUT2D eigenvalue weighted by Gasteiger charge is -2.18. The summed E-state index contributed by atoms with van der Waals surface area (Å²) >= 11 is 0. The number of hydrogen-bond acceptors (Lipinski definition) is 4. The van der Waals surface area contributed by atoms with Crippen LogP contribution in [-0.4, -0.2) is 32.1 Å². The van der Waals surface area contributed by atoms with Gasteiger partial charge in [0.2, 0.25) is 10.0 Å². The summed E-state index contributed by atoms with van der Waals surface area (Å²) in [5.41, 5.74) is 0.380. The Bertz CT molecular complexity index is 657. The van der Waals surface area contributed by atoms with E-state index in [4.69, 9.17) is 5.11 Å². The van der Waals surface area contributed by atoms with E-state index in [9.17, 15) is 13.2 Å². The molecule has 0 saturated heterocycles. The molecule has 0 amide bonds. The minimum atomic E-state index is -3.78. The number of sulfonamides is 1. The van der Waals surface area contributed by atoms with Crippen LogP contribution in [0.3, 0.4) is 0 Å². The van der Waals surface area contributed by atoms with Crippen LogP contribution in [0.5, 0.6) is 0 Å². The van der Waals surface area contributed by atoms with Gasteiger partial charge in [0, 0.05) is 12.6 Å². The molecule has 0 radical (unpaired) electrons. The fraction of sp³-hybridized carbons (Fsp3) is 0.588. The van der Waals surface area contributed by atoms with Crippen molar-refractivity contribution in [2.75, 3.05) is 11.9 Å². The van der Waals surface area contributed by atoms with Crippen molar-refractivity contribution in [2.24, 2.45) is 5.92 Å². The van der Waals surface area contributed by atoms with E-state index in [0.29, 0.717) is 24.6 Å². The Morgan fingerprint density at radius 2 is 1.88 bits per heavy atom. The smallest absolute Gasteiger partial charge is 0.335 e. The quantitative estimate of drug-likeness (QED) is 0.598. The molecule has 0 unspecified atom stereocenters. The van der Waals surface area contributed by atoms with Crippen molar-refractivity contribution < 1.29 is 18.3 Å². The zero-order valence-electron chi connectivity index (χ0n) is 14.8. The van der Waals surface area contributed by atoms with Crippen molar-refractivity contribution in [3.8, 4) is 0 Å². The van der Waals surface area contributed by atoms with Crippen molar-refractivity contribution >= 4 is 21.7 Å². The molecule has 0 heterocycles. The average molecular weight is 356 g/mol. The third-order valence-electron chi connectivity index (χ3n) is 3.66. The molecule has 6 nitrogen and oxygen atoms in total. The number of carboxylic acids is 1. The van der Waals surface area contributed by atoms with Gasteiger partial charge in [-0.15, -0.1) is 0 Å². The van der Waals surface area contributed by atoms with Gasteiger partial charge in [-0.3, -0.25) is 0 Å². The number of carbonyl (C=O) groups is 1. The monoisotopic (exact) mass is 356 g/mol. The van der Waals surface area contributed by atoms with Crippen molar-refractivity contribution in [2.45, 2.75) is 57.9 Å². The van der Waals surface area contributed by atoms with Crippen LogP contribution < -0.4 is 10.0 Å². The molecule has 1 rings (SSSR count). The van der Waals surface area contributed by atoms with Gasteiger partial charge in [-0.2, -0.15) is 0 Å². The van der Waals surface area contributed by atoms with Crippen LogP contribution in [0, 0.1) is 5.92 Å². The van der Waals surface area contributed by atoms with E-state index in [0.717, 1.165) is 12.8 Å². The van der Waals surface area contributed by atoms with Crippen molar-refractivity contribution in [1.29, 1.82) is 0 Å². The maximum absolute atomic E-state index is 12.6. The molecule has 0 aliphatic rings. The Balaban J connectivity index is 3.14. The molecule has 1 aromatic carbocycles. The zero-order chi connectivity index (χ0) is 18.3. The van der Waals surface area contributed by atoms with Crippen LogP contribution in [0.1, 0.15) is 57.3 Å². The van der Waals surface area contributed by atoms with Gasteiger partial charge in [0.15, 0.2) is 0 Å². The summed E-state index contributed by atoms with van der Waals surface area (Å²) in [4.78, 5) is 11.2. The maximum Gasteiger partial charge on any atom is 0.335 e. The third kappa shape index (κ3) is 6.13. The van der Waals surface area contributed by atoms with Crippen molar-refractivity contribution in [1.82, 2.24) is 4.72 Å². The van der Waals surface area contributed by atoms with Gasteiger partial charge < -0.3 is 10.4 Å². The minimum absolute atomic E-state index is 0.0193. The van der Waals surface area contributed by atoms with E-state index in [2.05, 4.69) is 17.0 Å². The van der Waals surface area contributed by atoms with Gasteiger partial charge in [0.1, 0.15) is 4.90 Å². The van der Waals surface area contributed by atoms with Crippen LogP contribution in [0.2, 0.25) is 0 Å². The summed E-state index contributed by atoms with van der Waals surface area (Å²) in [6, 6.07) is 4.24. The highest BCUT2D eigenvalue weighted by molar-refractivity contribution is 7.89. The first kappa shape index (κ1) is 20.4. The molecular weight excluding hydrogens is 328 g/mol. The molecule has 0 aliphatic carbocycles. The molecule has 136 valence electrons. The molecule has 24 heavy (non-hydrogen) atoms. The van der Waals surface area contributed by atoms with Gasteiger partial charge in [-0.1, -0.05) is 27.2 Å². The molecule has 7 heteroatoms. The van der Waals surface area contributed by atoms with E-state index in [1.165, 1.54) is 18.2 Å². The molecule has 0 bridgehead atoms. The van der Waals surface area contributed by atoms with Crippen LogP contribution >= 0.6 is 0 Å². The van der Waals surface area contributed by atoms with Crippen LogP contribution in [0.4, 0.5) is 5.69 Å². The first-order valence-corrected chi connectivity index (χ1v) is 9.79. The molecule has 0 aliphatic heterocycles. The average Bonchev–Trinajstić information content (AvgIpc) is 2.46. The summed E-state index contributed by atoms with van der Waals surface area (Å²) in [6.07, 6.45) is 2.57. The standard InChI is InChI=1S/C17H28N2O4S/c1-5-6-13(4)19-15-8-7-14(17(20)21)11-16(15)24(22,23)18-10-9-12(2)3/h7-8,11-13,18-19H,5-6,9-10H2,1-4H3,(H,20,21)/t13-/m1/s1. The van der Waals surface area contributed by atoms with Crippen LogP contribution in [0.15, 0.2) is 23.1 Å². The highest BCUT2D eigenvalue weighted by Crippen LogP contribution is 2.24. The molecular formula is C17H28N2O4S. The summed E-state index contributed by atoms with van der Waals surface area (Å²) in [5, 5.41) is 12.3. The predicted molar refractivity (Wildman–Crippen MR) is 96.0 cm³/mol. The molecule has 1 aromatic rings. The highest BCUT2D eigenvalue weighted by Gasteiger charge is 2.21. The van der Waals surface area contributed by atoms with Gasteiger partial charge >= 0.3 is 5.97 Å². The van der Waals surface area contributed by atoms with Crippen LogP contribution in [-0.2, 0) is 10.0 Å². The summed E-state index contributed by atoms with van der Waals surface area (Å²) in [7, 11) is -3.78. The summed E-state index contributed by atoms with van der Waals surface area (Å²) in [5.74, 6) is -0.776. The minimum Gasteiger partial charge on any atom is -0.478 e. The molecule has 0 spiro atoms. The highest BCUT2D eigenvalue weighted by atomic mass is 32.2. The number of nitrogens with one attached hydrogen (secondary N) is 2. The summed E-state index contributed by atoms with van der Waals surface area (Å²) in [6.45, 7) is 8.37. The second kappa shape index (κ2) is 9.03. The van der Waals surface area contributed by atoms with Gasteiger partial charge in [0.25, 0.3) is 0 Å². The molecule has 0 aromatic heterocycles. The fourth-order valence-electron chi connectivity index (χ4n) is 2.33. The Kier molecular flexibility index (Phi) is 7.69. The Morgan fingerprint density at radius 1 is 1.21 bits per heavy atom. The van der Waals surface area contributed by atoms with Crippen molar-refractivity contribution in [3.63, 3.8) is 0 Å². The lowest BCUT2D eigenvalue weighted by molar-refractivity contribution is 0.0696. The first-order valence-electron chi connectivity index (χ1n) is 8.31.